The van der Waals surface area contributed by atoms with Crippen LogP contribution in [0.25, 0.3) is 21.7 Å². The fourth-order valence-corrected chi connectivity index (χ4v) is 3.45. The zero-order chi connectivity index (χ0) is 18.5. The van der Waals surface area contributed by atoms with Crippen LogP contribution in [0, 0.1) is 5.82 Å². The van der Waals surface area contributed by atoms with Gasteiger partial charge in [0.05, 0.1) is 29.2 Å². The smallest absolute Gasteiger partial charge is 0.354 e. The van der Waals surface area contributed by atoms with Crippen molar-refractivity contribution in [2.45, 2.75) is 6.92 Å². The molecule has 5 nitrogen and oxygen atoms in total. The summed E-state index contributed by atoms with van der Waals surface area (Å²) in [4.78, 5) is 14.8. The molecule has 0 radical (unpaired) electrons. The molecule has 2 N–H and O–H groups in total. The summed E-state index contributed by atoms with van der Waals surface area (Å²) >= 11 is 0. The van der Waals surface area contributed by atoms with E-state index in [1.807, 2.05) is 23.2 Å². The molecule has 0 bridgehead atoms. The Morgan fingerprint density at radius 2 is 2.00 bits per heavy atom. The summed E-state index contributed by atoms with van der Waals surface area (Å²) in [6, 6.07) is 16.9. The molecule has 0 fully saturated rings. The molecule has 1 aromatic heterocycles. The fourth-order valence-electron chi connectivity index (χ4n) is 3.45. The molecule has 4 aromatic rings. The van der Waals surface area contributed by atoms with Crippen molar-refractivity contribution in [1.82, 2.24) is 4.98 Å². The van der Waals surface area contributed by atoms with Crippen molar-refractivity contribution in [2.24, 2.45) is 0 Å². The summed E-state index contributed by atoms with van der Waals surface area (Å²) < 4.78 is 19.2. The Labute approximate surface area is 154 Å². The second-order valence-corrected chi connectivity index (χ2v) is 6.39. The first-order valence-electron chi connectivity index (χ1n) is 8.74. The first kappa shape index (κ1) is 15.7. The maximum absolute atomic E-state index is 14.2. The van der Waals surface area contributed by atoms with Crippen molar-refractivity contribution in [3.8, 4) is 0 Å². The molecule has 0 spiro atoms. The lowest BCUT2D eigenvalue weighted by molar-refractivity contribution is 0.0520. The maximum Gasteiger partial charge on any atom is 0.354 e. The number of carbonyl (C=O) groups is 1. The highest BCUT2D eigenvalue weighted by Crippen LogP contribution is 2.52. The second kappa shape index (κ2) is 5.74. The van der Waals surface area contributed by atoms with E-state index in [0.29, 0.717) is 11.1 Å². The molecule has 0 unspecified atom stereocenters. The number of nitrogens with zero attached hydrogens (tertiary/aromatic N) is 1. The van der Waals surface area contributed by atoms with Gasteiger partial charge in [0.2, 0.25) is 0 Å². The molecule has 134 valence electrons. The van der Waals surface area contributed by atoms with Gasteiger partial charge in [-0.2, -0.15) is 0 Å². The molecular weight excluding hydrogens is 345 g/mol. The zero-order valence-electron chi connectivity index (χ0n) is 14.5. The minimum atomic E-state index is -0.500. The van der Waals surface area contributed by atoms with Crippen LogP contribution in [0.5, 0.6) is 0 Å². The minimum absolute atomic E-state index is 0.230. The van der Waals surface area contributed by atoms with E-state index in [0.717, 1.165) is 22.1 Å². The molecule has 3 aromatic carbocycles. The molecule has 1 aliphatic heterocycles. The first-order valence-corrected chi connectivity index (χ1v) is 8.74. The van der Waals surface area contributed by atoms with Gasteiger partial charge in [0, 0.05) is 10.8 Å². The average molecular weight is 361 g/mol. The van der Waals surface area contributed by atoms with Crippen LogP contribution in [0.3, 0.4) is 0 Å². The van der Waals surface area contributed by atoms with Crippen LogP contribution in [0.15, 0.2) is 54.6 Å². The standard InChI is InChI=1S/C21H16FN3O2/c1-2-27-21(26)17-11-14-16(9-8-15(22)19(14)23-17)24-25-18-10-7-12-5-3-4-6-13(12)20(18)25/h3-11,23-24H,2H2,1H3. The number of hydrazine groups is 1. The van der Waals surface area contributed by atoms with Gasteiger partial charge in [0.1, 0.15) is 11.5 Å². The Morgan fingerprint density at radius 1 is 1.15 bits per heavy atom. The summed E-state index contributed by atoms with van der Waals surface area (Å²) in [5, 5.41) is 4.88. The van der Waals surface area contributed by atoms with E-state index < -0.39 is 11.8 Å². The van der Waals surface area contributed by atoms with Gasteiger partial charge >= 0.3 is 5.97 Å². The third-order valence-corrected chi connectivity index (χ3v) is 4.76. The Bertz CT molecular complexity index is 1210. The highest BCUT2D eigenvalue weighted by molar-refractivity contribution is 6.14. The molecule has 5 rings (SSSR count). The number of anilines is 3. The molecule has 6 heteroatoms. The number of ether oxygens (including phenoxy) is 1. The van der Waals surface area contributed by atoms with E-state index in [1.54, 1.807) is 19.1 Å². The van der Waals surface area contributed by atoms with Crippen molar-refractivity contribution in [3.63, 3.8) is 0 Å². The summed E-state index contributed by atoms with van der Waals surface area (Å²) in [7, 11) is 0. The van der Waals surface area contributed by atoms with E-state index in [-0.39, 0.29) is 17.8 Å². The van der Waals surface area contributed by atoms with E-state index in [4.69, 9.17) is 4.74 Å². The Morgan fingerprint density at radius 3 is 2.85 bits per heavy atom. The Balaban J connectivity index is 1.53. The number of benzene rings is 3. The van der Waals surface area contributed by atoms with Gasteiger partial charge in [-0.25, -0.2) is 9.18 Å². The predicted octanol–water partition coefficient (Wildman–Crippen LogP) is 5.12. The lowest BCUT2D eigenvalue weighted by atomic mass is 10.1. The summed E-state index contributed by atoms with van der Waals surface area (Å²) in [5.41, 5.74) is 6.72. The molecule has 0 amide bonds. The van der Waals surface area contributed by atoms with E-state index in [2.05, 4.69) is 28.6 Å². The van der Waals surface area contributed by atoms with Crippen molar-refractivity contribution >= 4 is 44.7 Å². The van der Waals surface area contributed by atoms with Gasteiger partial charge in [0.15, 0.2) is 0 Å². The largest absolute Gasteiger partial charge is 0.461 e. The van der Waals surface area contributed by atoms with Crippen LogP contribution in [-0.4, -0.2) is 17.6 Å². The fraction of sp³-hybridized carbons (Fsp3) is 0.0952. The lowest BCUT2D eigenvalue weighted by Gasteiger charge is -2.09. The SMILES string of the molecule is CCOC(=O)c1cc2c(NN3c4ccc5ccccc5c43)ccc(F)c2[nH]1. The third kappa shape index (κ3) is 2.41. The van der Waals surface area contributed by atoms with Crippen LogP contribution in [0.1, 0.15) is 17.4 Å². The van der Waals surface area contributed by atoms with Crippen LogP contribution in [0.2, 0.25) is 0 Å². The average Bonchev–Trinajstić information content (AvgIpc) is 3.18. The van der Waals surface area contributed by atoms with Crippen molar-refractivity contribution in [3.05, 3.63) is 66.1 Å². The zero-order valence-corrected chi connectivity index (χ0v) is 14.5. The van der Waals surface area contributed by atoms with Gasteiger partial charge < -0.3 is 9.72 Å². The number of fused-ring (bicyclic) bond motifs is 4. The lowest BCUT2D eigenvalue weighted by Crippen LogP contribution is -2.10. The normalized spacial score (nSPS) is 12.3. The highest BCUT2D eigenvalue weighted by Gasteiger charge is 2.32. The number of carbonyl (C=O) groups excluding carboxylic acids is 1. The number of H-pyrrole nitrogens is 1. The second-order valence-electron chi connectivity index (χ2n) is 6.39. The molecule has 0 atom stereocenters. The maximum atomic E-state index is 14.2. The van der Waals surface area contributed by atoms with Crippen molar-refractivity contribution in [2.75, 3.05) is 17.0 Å². The number of hydrogen-bond acceptors (Lipinski definition) is 4. The van der Waals surface area contributed by atoms with Gasteiger partial charge in [0.25, 0.3) is 0 Å². The number of halogens is 1. The highest BCUT2D eigenvalue weighted by atomic mass is 19.1. The van der Waals surface area contributed by atoms with E-state index in [9.17, 15) is 9.18 Å². The first-order chi connectivity index (χ1) is 13.2. The molecule has 0 aliphatic carbocycles. The van der Waals surface area contributed by atoms with Gasteiger partial charge in [-0.15, -0.1) is 0 Å². The quantitative estimate of drug-likeness (QED) is 0.391. The van der Waals surface area contributed by atoms with Crippen LogP contribution >= 0.6 is 0 Å². The molecular formula is C21H16FN3O2. The Kier molecular flexibility index (Phi) is 3.33. The van der Waals surface area contributed by atoms with Crippen molar-refractivity contribution in [1.29, 1.82) is 0 Å². The Hall–Kier alpha value is -3.54. The number of nitrogens with one attached hydrogen (secondary N) is 2. The third-order valence-electron chi connectivity index (χ3n) is 4.76. The predicted molar refractivity (Wildman–Crippen MR) is 104 cm³/mol. The molecule has 0 saturated carbocycles. The molecule has 0 saturated heterocycles. The summed E-state index contributed by atoms with van der Waals surface area (Å²) in [5.74, 6) is -0.917. The van der Waals surface area contributed by atoms with Gasteiger partial charge in [-0.1, -0.05) is 30.3 Å². The van der Waals surface area contributed by atoms with Crippen LogP contribution < -0.4 is 10.4 Å². The number of esters is 1. The van der Waals surface area contributed by atoms with Crippen LogP contribution in [-0.2, 0) is 4.74 Å². The number of aromatic amines is 1. The number of hydrogen-bond donors (Lipinski definition) is 2. The monoisotopic (exact) mass is 361 g/mol. The summed E-state index contributed by atoms with van der Waals surface area (Å²) in [6.45, 7) is 1.99. The molecule has 27 heavy (non-hydrogen) atoms. The number of rotatable bonds is 4. The van der Waals surface area contributed by atoms with Gasteiger partial charge in [-0.3, -0.25) is 10.4 Å². The van der Waals surface area contributed by atoms with Crippen LogP contribution in [0.4, 0.5) is 21.5 Å². The van der Waals surface area contributed by atoms with E-state index in [1.165, 1.54) is 6.07 Å². The summed E-state index contributed by atoms with van der Waals surface area (Å²) in [6.07, 6.45) is 0. The number of aromatic nitrogens is 1. The molecule has 2 heterocycles. The minimum Gasteiger partial charge on any atom is -0.461 e. The van der Waals surface area contributed by atoms with E-state index >= 15 is 0 Å². The topological polar surface area (TPSA) is 57.1 Å². The molecule has 1 aliphatic rings. The van der Waals surface area contributed by atoms with Crippen molar-refractivity contribution < 1.29 is 13.9 Å². The van der Waals surface area contributed by atoms with Gasteiger partial charge in [-0.05, 0) is 36.6 Å².